The summed E-state index contributed by atoms with van der Waals surface area (Å²) in [5.74, 6) is 2.15. The number of nitrogens with zero attached hydrogens (tertiary/aromatic N) is 3. The van der Waals surface area contributed by atoms with Crippen molar-refractivity contribution in [2.75, 3.05) is 6.61 Å². The highest BCUT2D eigenvalue weighted by atomic mass is 16.5. The fraction of sp³-hybridized carbons (Fsp3) is 0.382. The van der Waals surface area contributed by atoms with Gasteiger partial charge >= 0.3 is 0 Å². The van der Waals surface area contributed by atoms with E-state index in [1.807, 2.05) is 18.2 Å². The lowest BCUT2D eigenvalue weighted by atomic mass is 10.0. The third kappa shape index (κ3) is 7.05. The van der Waals surface area contributed by atoms with Gasteiger partial charge < -0.3 is 14.9 Å². The quantitative estimate of drug-likeness (QED) is 0.190. The largest absolute Gasteiger partial charge is 0.507 e. The normalized spacial score (nSPS) is 12.0. The third-order valence-corrected chi connectivity index (χ3v) is 7.08. The Balaban J connectivity index is 1.88. The van der Waals surface area contributed by atoms with Crippen LogP contribution in [-0.2, 0) is 6.42 Å². The predicted molar refractivity (Wildman–Crippen MR) is 162 cm³/mol. The Morgan fingerprint density at radius 3 is 1.77 bits per heavy atom. The molecule has 3 aromatic carbocycles. The number of aromatic nitrogens is 3. The van der Waals surface area contributed by atoms with Crippen LogP contribution in [0.2, 0.25) is 0 Å². The molecule has 0 aliphatic rings. The maximum Gasteiger partial charge on any atom is 0.167 e. The zero-order valence-corrected chi connectivity index (χ0v) is 24.6. The molecule has 0 radical (unpaired) electrons. The lowest BCUT2D eigenvalue weighted by Gasteiger charge is -2.16. The monoisotopic (exact) mass is 539 g/mol. The van der Waals surface area contributed by atoms with Crippen LogP contribution in [0.25, 0.3) is 34.2 Å². The first-order chi connectivity index (χ1) is 19.2. The highest BCUT2D eigenvalue weighted by Crippen LogP contribution is 2.37. The van der Waals surface area contributed by atoms with Gasteiger partial charge in [-0.25, -0.2) is 15.0 Å². The Kier molecular flexibility index (Phi) is 9.54. The van der Waals surface area contributed by atoms with E-state index in [9.17, 15) is 10.2 Å². The number of benzene rings is 3. The SMILES string of the molecule is CCCCCCc1cc(-c2nc(-c3ccc(C)cc3C)nc(-c3ccc(C)cc3C)n2)c(O)cc1OCC(C)O. The number of aliphatic hydroxyl groups excluding tert-OH is 1. The lowest BCUT2D eigenvalue weighted by molar-refractivity contribution is 0.122. The summed E-state index contributed by atoms with van der Waals surface area (Å²) in [5, 5.41) is 21.0. The smallest absolute Gasteiger partial charge is 0.167 e. The molecule has 0 aliphatic carbocycles. The second-order valence-corrected chi connectivity index (χ2v) is 10.9. The molecular formula is C34H41N3O3. The maximum atomic E-state index is 11.2. The summed E-state index contributed by atoms with van der Waals surface area (Å²) in [6.07, 6.45) is 4.62. The molecule has 4 aromatic rings. The van der Waals surface area contributed by atoms with E-state index >= 15 is 0 Å². The molecule has 2 N–H and O–H groups in total. The number of hydrogen-bond acceptors (Lipinski definition) is 6. The van der Waals surface area contributed by atoms with Crippen molar-refractivity contribution < 1.29 is 14.9 Å². The number of aromatic hydroxyl groups is 1. The Labute approximate surface area is 238 Å². The van der Waals surface area contributed by atoms with Gasteiger partial charge in [0.1, 0.15) is 18.1 Å². The summed E-state index contributed by atoms with van der Waals surface area (Å²) in [6, 6.07) is 16.0. The minimum atomic E-state index is -0.612. The number of ether oxygens (including phenoxy) is 1. The fourth-order valence-electron chi connectivity index (χ4n) is 4.94. The summed E-state index contributed by atoms with van der Waals surface area (Å²) in [6.45, 7) is 12.3. The Morgan fingerprint density at radius 2 is 1.27 bits per heavy atom. The first kappa shape index (κ1) is 29.2. The number of phenolic OH excluding ortho intramolecular Hbond substituents is 1. The number of hydrogen-bond donors (Lipinski definition) is 2. The molecule has 0 fully saturated rings. The van der Waals surface area contributed by atoms with Crippen molar-refractivity contribution in [3.05, 3.63) is 76.3 Å². The number of aryl methyl sites for hydroxylation is 5. The molecule has 1 unspecified atom stereocenters. The summed E-state index contributed by atoms with van der Waals surface area (Å²) >= 11 is 0. The summed E-state index contributed by atoms with van der Waals surface area (Å²) in [4.78, 5) is 14.7. The van der Waals surface area contributed by atoms with Gasteiger partial charge in [-0.15, -0.1) is 0 Å². The van der Waals surface area contributed by atoms with Crippen LogP contribution in [0, 0.1) is 27.7 Å². The van der Waals surface area contributed by atoms with E-state index in [2.05, 4.69) is 58.9 Å². The van der Waals surface area contributed by atoms with Crippen LogP contribution in [-0.4, -0.2) is 37.9 Å². The van der Waals surface area contributed by atoms with Gasteiger partial charge in [-0.1, -0.05) is 73.7 Å². The number of phenols is 1. The van der Waals surface area contributed by atoms with Crippen LogP contribution in [0.4, 0.5) is 0 Å². The Hall–Kier alpha value is -3.77. The summed E-state index contributed by atoms with van der Waals surface area (Å²) in [7, 11) is 0. The molecule has 210 valence electrons. The van der Waals surface area contributed by atoms with E-state index < -0.39 is 6.10 Å². The van der Waals surface area contributed by atoms with Crippen molar-refractivity contribution in [2.45, 2.75) is 79.8 Å². The van der Waals surface area contributed by atoms with E-state index in [4.69, 9.17) is 19.7 Å². The molecule has 4 rings (SSSR count). The van der Waals surface area contributed by atoms with Crippen molar-refractivity contribution in [1.29, 1.82) is 0 Å². The first-order valence-electron chi connectivity index (χ1n) is 14.2. The molecule has 40 heavy (non-hydrogen) atoms. The van der Waals surface area contributed by atoms with E-state index in [0.717, 1.165) is 53.5 Å². The van der Waals surface area contributed by atoms with E-state index in [-0.39, 0.29) is 12.4 Å². The van der Waals surface area contributed by atoms with E-state index in [1.165, 1.54) is 17.5 Å². The van der Waals surface area contributed by atoms with Gasteiger partial charge in [0.25, 0.3) is 0 Å². The van der Waals surface area contributed by atoms with E-state index in [0.29, 0.717) is 28.8 Å². The van der Waals surface area contributed by atoms with Gasteiger partial charge in [0.05, 0.1) is 11.7 Å². The third-order valence-electron chi connectivity index (χ3n) is 7.08. The van der Waals surface area contributed by atoms with Crippen LogP contribution < -0.4 is 4.74 Å². The number of unbranched alkanes of at least 4 members (excludes halogenated alkanes) is 3. The Bertz CT molecular complexity index is 1410. The second kappa shape index (κ2) is 13.1. The van der Waals surface area contributed by atoms with Gasteiger partial charge in [-0.2, -0.15) is 0 Å². The fourth-order valence-corrected chi connectivity index (χ4v) is 4.94. The molecule has 0 bridgehead atoms. The topological polar surface area (TPSA) is 88.4 Å². The van der Waals surface area contributed by atoms with Crippen LogP contribution in [0.5, 0.6) is 11.5 Å². The molecule has 1 heterocycles. The van der Waals surface area contributed by atoms with Crippen LogP contribution in [0.3, 0.4) is 0 Å². The lowest BCUT2D eigenvalue weighted by Crippen LogP contribution is -2.13. The zero-order chi connectivity index (χ0) is 28.8. The molecule has 0 saturated heterocycles. The molecule has 1 atom stereocenters. The first-order valence-corrected chi connectivity index (χ1v) is 14.2. The van der Waals surface area contributed by atoms with Crippen LogP contribution in [0.15, 0.2) is 48.5 Å². The highest BCUT2D eigenvalue weighted by Gasteiger charge is 2.19. The van der Waals surface area contributed by atoms with Gasteiger partial charge in [0, 0.05) is 17.2 Å². The molecule has 0 aliphatic heterocycles. The minimum Gasteiger partial charge on any atom is -0.507 e. The molecule has 0 amide bonds. The van der Waals surface area contributed by atoms with Gasteiger partial charge in [0.15, 0.2) is 17.5 Å². The molecule has 1 aromatic heterocycles. The summed E-state index contributed by atoms with van der Waals surface area (Å²) in [5.41, 5.74) is 7.85. The van der Waals surface area contributed by atoms with Crippen molar-refractivity contribution in [1.82, 2.24) is 15.0 Å². The zero-order valence-electron chi connectivity index (χ0n) is 24.6. The number of aliphatic hydroxyl groups is 1. The maximum absolute atomic E-state index is 11.2. The van der Waals surface area contributed by atoms with Crippen molar-refractivity contribution in [3.63, 3.8) is 0 Å². The molecule has 0 saturated carbocycles. The van der Waals surface area contributed by atoms with E-state index in [1.54, 1.807) is 13.0 Å². The molecular weight excluding hydrogens is 498 g/mol. The van der Waals surface area contributed by atoms with Crippen molar-refractivity contribution >= 4 is 0 Å². The average molecular weight is 540 g/mol. The Morgan fingerprint density at radius 1 is 0.725 bits per heavy atom. The average Bonchev–Trinajstić information content (AvgIpc) is 2.90. The molecule has 6 nitrogen and oxygen atoms in total. The minimum absolute atomic E-state index is 0.0299. The molecule has 6 heteroatoms. The standard InChI is InChI=1S/C34H41N3O3/c1-7-8-9-10-11-26-18-29(30(39)19-31(26)40-20-25(6)38)34-36-32(27-14-12-21(2)16-23(27)4)35-33(37-34)28-15-13-22(3)17-24(28)5/h12-19,25,38-39H,7-11,20H2,1-6H3. The molecule has 0 spiro atoms. The van der Waals surface area contributed by atoms with Gasteiger partial charge in [-0.3, -0.25) is 0 Å². The van der Waals surface area contributed by atoms with Crippen molar-refractivity contribution in [2.24, 2.45) is 0 Å². The van der Waals surface area contributed by atoms with Gasteiger partial charge in [0.2, 0.25) is 0 Å². The predicted octanol–water partition coefficient (Wildman–Crippen LogP) is 7.69. The van der Waals surface area contributed by atoms with Crippen LogP contribution >= 0.6 is 0 Å². The highest BCUT2D eigenvalue weighted by molar-refractivity contribution is 5.73. The second-order valence-electron chi connectivity index (χ2n) is 10.9. The van der Waals surface area contributed by atoms with Crippen LogP contribution in [0.1, 0.15) is 67.3 Å². The number of rotatable bonds is 11. The summed E-state index contributed by atoms with van der Waals surface area (Å²) < 4.78 is 5.90. The van der Waals surface area contributed by atoms with Crippen molar-refractivity contribution in [3.8, 4) is 45.7 Å². The van der Waals surface area contributed by atoms with Gasteiger partial charge in [-0.05, 0) is 70.2 Å².